The van der Waals surface area contributed by atoms with Gasteiger partial charge in [0.2, 0.25) is 0 Å². The van der Waals surface area contributed by atoms with Crippen LogP contribution in [-0.2, 0) is 25.7 Å². The smallest absolute Gasteiger partial charge is 0.169 e. The van der Waals surface area contributed by atoms with Crippen LogP contribution < -0.4 is 23.7 Å². The Balaban J connectivity index is 1.49. The molecule has 0 aromatic heterocycles. The predicted octanol–water partition coefficient (Wildman–Crippen LogP) is 7.08. The lowest BCUT2D eigenvalue weighted by molar-refractivity contribution is 0.366. The Morgan fingerprint density at radius 2 is 1.03 bits per heavy atom. The topological polar surface area (TPSA) is 46.2 Å². The van der Waals surface area contributed by atoms with Crippen LogP contribution in [0.15, 0.2) is 84.9 Å². The summed E-state index contributed by atoms with van der Waals surface area (Å²) < 4.78 is 28.2. The van der Waals surface area contributed by atoms with Gasteiger partial charge in [0.25, 0.3) is 0 Å². The molecule has 37 heavy (non-hydrogen) atoms. The number of rotatable bonds is 12. The van der Waals surface area contributed by atoms with Crippen LogP contribution in [-0.4, -0.2) is 28.4 Å². The van der Waals surface area contributed by atoms with E-state index < -0.39 is 0 Å². The van der Waals surface area contributed by atoms with Gasteiger partial charge in [0.1, 0.15) is 23.0 Å². The van der Waals surface area contributed by atoms with Crippen molar-refractivity contribution in [1.29, 1.82) is 0 Å². The van der Waals surface area contributed by atoms with E-state index in [9.17, 15) is 0 Å². The molecular formula is C32H34O5. The Kier molecular flexibility index (Phi) is 8.93. The molecule has 0 saturated carbocycles. The molecule has 0 bridgehead atoms. The van der Waals surface area contributed by atoms with E-state index >= 15 is 0 Å². The van der Waals surface area contributed by atoms with Crippen molar-refractivity contribution in [2.75, 3.05) is 28.4 Å². The van der Waals surface area contributed by atoms with Crippen molar-refractivity contribution in [3.05, 3.63) is 107 Å². The third-order valence-corrected chi connectivity index (χ3v) is 6.37. The first kappa shape index (κ1) is 26.0. The van der Waals surface area contributed by atoms with Crippen molar-refractivity contribution in [1.82, 2.24) is 0 Å². The predicted molar refractivity (Wildman–Crippen MR) is 147 cm³/mol. The second-order valence-corrected chi connectivity index (χ2v) is 8.76. The number of benzene rings is 4. The summed E-state index contributed by atoms with van der Waals surface area (Å²) in [5.41, 5.74) is 4.73. The van der Waals surface area contributed by atoms with Crippen LogP contribution in [0.2, 0.25) is 0 Å². The first-order valence-electron chi connectivity index (χ1n) is 12.4. The molecule has 5 heteroatoms. The van der Waals surface area contributed by atoms with Gasteiger partial charge in [-0.05, 0) is 90.4 Å². The normalized spacial score (nSPS) is 10.6. The van der Waals surface area contributed by atoms with Gasteiger partial charge in [0, 0.05) is 6.07 Å². The summed E-state index contributed by atoms with van der Waals surface area (Å²) in [5.74, 6) is 4.58. The third kappa shape index (κ3) is 6.98. The maximum Gasteiger partial charge on any atom is 0.169 e. The molecule has 0 fully saturated rings. The monoisotopic (exact) mass is 498 g/mol. The lowest BCUT2D eigenvalue weighted by Gasteiger charge is -2.16. The molecule has 0 atom stereocenters. The van der Waals surface area contributed by atoms with E-state index in [0.29, 0.717) is 11.5 Å². The van der Waals surface area contributed by atoms with E-state index in [1.54, 1.807) is 28.4 Å². The summed E-state index contributed by atoms with van der Waals surface area (Å²) in [6, 6.07) is 28.4. The fourth-order valence-electron chi connectivity index (χ4n) is 4.29. The molecular weight excluding hydrogens is 464 g/mol. The van der Waals surface area contributed by atoms with Crippen molar-refractivity contribution < 1.29 is 23.7 Å². The number of hydrogen-bond donors (Lipinski definition) is 0. The van der Waals surface area contributed by atoms with Crippen LogP contribution in [0.25, 0.3) is 0 Å². The van der Waals surface area contributed by atoms with Crippen LogP contribution in [0, 0.1) is 0 Å². The molecule has 0 spiro atoms. The maximum absolute atomic E-state index is 6.34. The first-order chi connectivity index (χ1) is 18.1. The zero-order valence-corrected chi connectivity index (χ0v) is 22.0. The Labute approximate surface area is 219 Å². The van der Waals surface area contributed by atoms with Gasteiger partial charge < -0.3 is 23.7 Å². The highest BCUT2D eigenvalue weighted by molar-refractivity contribution is 5.52. The van der Waals surface area contributed by atoms with Crippen molar-refractivity contribution in [3.8, 4) is 34.5 Å². The number of ether oxygens (including phenoxy) is 5. The molecule has 0 unspecified atom stereocenters. The Morgan fingerprint density at radius 3 is 1.65 bits per heavy atom. The van der Waals surface area contributed by atoms with Crippen molar-refractivity contribution >= 4 is 0 Å². The zero-order valence-electron chi connectivity index (χ0n) is 22.0. The van der Waals surface area contributed by atoms with E-state index in [1.807, 2.05) is 48.5 Å². The van der Waals surface area contributed by atoms with E-state index in [2.05, 4.69) is 36.4 Å². The standard InChI is InChI=1S/C32H34O5/c1-33-27-17-14-23(15-18-27)13-16-26-21-32(31(36-4)22-30(26)35-3)37-29-10-6-8-25(20-29)12-11-24-7-5-9-28(19-24)34-2/h5-10,14-15,17-22H,11-13,16H2,1-4H3. The maximum atomic E-state index is 6.34. The van der Waals surface area contributed by atoms with Crippen LogP contribution in [0.3, 0.4) is 0 Å². The zero-order chi connectivity index (χ0) is 26.0. The van der Waals surface area contributed by atoms with Gasteiger partial charge in [-0.1, -0.05) is 36.4 Å². The number of aryl methyl sites for hydroxylation is 4. The van der Waals surface area contributed by atoms with Gasteiger partial charge in [0.15, 0.2) is 11.5 Å². The van der Waals surface area contributed by atoms with Gasteiger partial charge in [-0.15, -0.1) is 0 Å². The second kappa shape index (κ2) is 12.7. The Morgan fingerprint density at radius 1 is 0.432 bits per heavy atom. The highest BCUT2D eigenvalue weighted by Gasteiger charge is 2.14. The molecule has 5 nitrogen and oxygen atoms in total. The van der Waals surface area contributed by atoms with Gasteiger partial charge in [-0.25, -0.2) is 0 Å². The van der Waals surface area contributed by atoms with Crippen LogP contribution in [0.4, 0.5) is 0 Å². The lowest BCUT2D eigenvalue weighted by Crippen LogP contribution is -1.99. The summed E-state index contributed by atoms with van der Waals surface area (Å²) in [6.07, 6.45) is 3.49. The lowest BCUT2D eigenvalue weighted by atomic mass is 10.0. The second-order valence-electron chi connectivity index (χ2n) is 8.76. The van der Waals surface area contributed by atoms with E-state index in [1.165, 1.54) is 16.7 Å². The van der Waals surface area contributed by atoms with Crippen LogP contribution in [0.1, 0.15) is 22.3 Å². The number of hydrogen-bond acceptors (Lipinski definition) is 5. The van der Waals surface area contributed by atoms with Crippen molar-refractivity contribution in [2.24, 2.45) is 0 Å². The highest BCUT2D eigenvalue weighted by Crippen LogP contribution is 2.38. The molecule has 0 heterocycles. The Bertz CT molecular complexity index is 1300. The largest absolute Gasteiger partial charge is 0.497 e. The van der Waals surface area contributed by atoms with E-state index in [0.717, 1.165) is 54.2 Å². The molecule has 0 aliphatic rings. The summed E-state index contributed by atoms with van der Waals surface area (Å²) >= 11 is 0. The molecule has 192 valence electrons. The van der Waals surface area contributed by atoms with E-state index in [4.69, 9.17) is 23.7 Å². The molecule has 0 aliphatic carbocycles. The van der Waals surface area contributed by atoms with Crippen molar-refractivity contribution in [2.45, 2.75) is 25.7 Å². The van der Waals surface area contributed by atoms with Crippen molar-refractivity contribution in [3.63, 3.8) is 0 Å². The fraction of sp³-hybridized carbons (Fsp3) is 0.250. The minimum absolute atomic E-state index is 0.631. The summed E-state index contributed by atoms with van der Waals surface area (Å²) in [5, 5.41) is 0. The first-order valence-corrected chi connectivity index (χ1v) is 12.4. The third-order valence-electron chi connectivity index (χ3n) is 6.37. The molecule has 4 aromatic carbocycles. The summed E-state index contributed by atoms with van der Waals surface area (Å²) in [7, 11) is 6.69. The summed E-state index contributed by atoms with van der Waals surface area (Å²) in [4.78, 5) is 0. The number of methoxy groups -OCH3 is 4. The highest BCUT2D eigenvalue weighted by atomic mass is 16.5. The molecule has 0 aliphatic heterocycles. The molecule has 0 radical (unpaired) electrons. The molecule has 0 amide bonds. The summed E-state index contributed by atoms with van der Waals surface area (Å²) in [6.45, 7) is 0. The van der Waals surface area contributed by atoms with Gasteiger partial charge >= 0.3 is 0 Å². The van der Waals surface area contributed by atoms with Crippen LogP contribution >= 0.6 is 0 Å². The quantitative estimate of drug-likeness (QED) is 0.209. The van der Waals surface area contributed by atoms with Gasteiger partial charge in [0.05, 0.1) is 28.4 Å². The van der Waals surface area contributed by atoms with Crippen LogP contribution in [0.5, 0.6) is 34.5 Å². The van der Waals surface area contributed by atoms with Gasteiger partial charge in [-0.2, -0.15) is 0 Å². The average molecular weight is 499 g/mol. The average Bonchev–Trinajstić information content (AvgIpc) is 2.95. The Hall–Kier alpha value is -4.12. The minimum Gasteiger partial charge on any atom is -0.497 e. The van der Waals surface area contributed by atoms with E-state index in [-0.39, 0.29) is 0 Å². The fourth-order valence-corrected chi connectivity index (χ4v) is 4.29. The molecule has 0 saturated heterocycles. The molecule has 4 aromatic rings. The molecule has 4 rings (SSSR count). The SMILES string of the molecule is COc1ccc(CCc2cc(Oc3cccc(CCc4cccc(OC)c4)c3)c(OC)cc2OC)cc1. The van der Waals surface area contributed by atoms with Gasteiger partial charge in [-0.3, -0.25) is 0 Å². The molecule has 0 N–H and O–H groups in total. The minimum atomic E-state index is 0.631.